The number of rotatable bonds is 5. The van der Waals surface area contributed by atoms with E-state index in [1.165, 1.54) is 12.1 Å². The molecule has 3 rings (SSSR count). The summed E-state index contributed by atoms with van der Waals surface area (Å²) in [7, 11) is 0. The van der Waals surface area contributed by atoms with E-state index >= 15 is 0 Å². The lowest BCUT2D eigenvalue weighted by Crippen LogP contribution is -2.31. The molecule has 0 bridgehead atoms. The first-order valence-corrected chi connectivity index (χ1v) is 7.86. The van der Waals surface area contributed by atoms with E-state index in [4.69, 9.17) is 10.00 Å². The quantitative estimate of drug-likeness (QED) is 0.915. The number of halogens is 1. The van der Waals surface area contributed by atoms with E-state index < -0.39 is 0 Å². The predicted octanol–water partition coefficient (Wildman–Crippen LogP) is 3.71. The molecule has 2 aromatic rings. The van der Waals surface area contributed by atoms with Crippen molar-refractivity contribution in [3.63, 3.8) is 0 Å². The van der Waals surface area contributed by atoms with Gasteiger partial charge in [0, 0.05) is 13.2 Å². The van der Waals surface area contributed by atoms with Crippen molar-refractivity contribution in [3.8, 4) is 6.07 Å². The van der Waals surface area contributed by atoms with E-state index in [9.17, 15) is 4.39 Å². The number of nitrogens with one attached hydrogen (secondary N) is 1. The highest BCUT2D eigenvalue weighted by molar-refractivity contribution is 5.33. The Bertz CT molecular complexity index is 687. The van der Waals surface area contributed by atoms with Gasteiger partial charge in [0.25, 0.3) is 0 Å². The lowest BCUT2D eigenvalue weighted by Gasteiger charge is -2.25. The molecule has 1 saturated heterocycles. The van der Waals surface area contributed by atoms with Gasteiger partial charge in [-0.15, -0.1) is 0 Å². The smallest absolute Gasteiger partial charge is 0.123 e. The van der Waals surface area contributed by atoms with E-state index in [1.54, 1.807) is 18.2 Å². The van der Waals surface area contributed by atoms with Gasteiger partial charge in [-0.2, -0.15) is 5.26 Å². The van der Waals surface area contributed by atoms with Crippen molar-refractivity contribution in [1.82, 2.24) is 5.32 Å². The number of nitriles is 1. The Hall–Kier alpha value is -2.22. The molecule has 118 valence electrons. The number of hydrogen-bond acceptors (Lipinski definition) is 3. The molecule has 2 aromatic carbocycles. The maximum atomic E-state index is 13.2. The van der Waals surface area contributed by atoms with Crippen LogP contribution in [0.4, 0.5) is 4.39 Å². The van der Waals surface area contributed by atoms with Crippen molar-refractivity contribution in [2.45, 2.75) is 31.5 Å². The summed E-state index contributed by atoms with van der Waals surface area (Å²) in [5, 5.41) is 12.5. The molecular weight excluding hydrogens is 291 g/mol. The van der Waals surface area contributed by atoms with Gasteiger partial charge >= 0.3 is 0 Å². The van der Waals surface area contributed by atoms with Crippen molar-refractivity contribution in [2.75, 3.05) is 6.61 Å². The van der Waals surface area contributed by atoms with Crippen LogP contribution in [-0.4, -0.2) is 12.7 Å². The zero-order valence-corrected chi connectivity index (χ0v) is 12.8. The van der Waals surface area contributed by atoms with E-state index in [2.05, 4.69) is 11.4 Å². The largest absolute Gasteiger partial charge is 0.376 e. The maximum absolute atomic E-state index is 13.2. The third-order valence-corrected chi connectivity index (χ3v) is 4.15. The summed E-state index contributed by atoms with van der Waals surface area (Å²) >= 11 is 0. The molecule has 0 unspecified atom stereocenters. The molecule has 1 heterocycles. The Morgan fingerprint density at radius 3 is 2.78 bits per heavy atom. The molecule has 0 aliphatic carbocycles. The van der Waals surface area contributed by atoms with Gasteiger partial charge in [0.15, 0.2) is 0 Å². The summed E-state index contributed by atoms with van der Waals surface area (Å²) < 4.78 is 19.0. The first-order valence-electron chi connectivity index (χ1n) is 7.86. The van der Waals surface area contributed by atoms with E-state index in [-0.39, 0.29) is 18.0 Å². The zero-order chi connectivity index (χ0) is 16.1. The van der Waals surface area contributed by atoms with Gasteiger partial charge in [-0.1, -0.05) is 24.3 Å². The summed E-state index contributed by atoms with van der Waals surface area (Å²) in [6.07, 6.45) is 2.14. The number of ether oxygens (including phenoxy) is 1. The van der Waals surface area contributed by atoms with Crippen LogP contribution in [0.15, 0.2) is 48.5 Å². The molecule has 0 spiro atoms. The molecule has 0 aromatic heterocycles. The first-order chi connectivity index (χ1) is 11.3. The number of nitrogens with zero attached hydrogens (tertiary/aromatic N) is 1. The fourth-order valence-corrected chi connectivity index (χ4v) is 2.98. The molecule has 0 saturated carbocycles. The van der Waals surface area contributed by atoms with Crippen LogP contribution in [0, 0.1) is 17.1 Å². The average molecular weight is 310 g/mol. The second kappa shape index (κ2) is 7.36. The second-order valence-corrected chi connectivity index (χ2v) is 5.77. The molecule has 4 heteroatoms. The minimum absolute atomic E-state index is 0.0174. The fourth-order valence-electron chi connectivity index (χ4n) is 2.98. The van der Waals surface area contributed by atoms with E-state index in [0.29, 0.717) is 12.1 Å². The Labute approximate surface area is 135 Å². The van der Waals surface area contributed by atoms with Crippen LogP contribution in [0.5, 0.6) is 0 Å². The Morgan fingerprint density at radius 1 is 1.26 bits per heavy atom. The van der Waals surface area contributed by atoms with Gasteiger partial charge in [0.05, 0.1) is 23.8 Å². The van der Waals surface area contributed by atoms with Crippen LogP contribution in [0.25, 0.3) is 0 Å². The van der Waals surface area contributed by atoms with Crippen molar-refractivity contribution in [1.29, 1.82) is 5.26 Å². The summed E-state index contributed by atoms with van der Waals surface area (Å²) in [6.45, 7) is 1.41. The summed E-state index contributed by atoms with van der Waals surface area (Å²) in [5.74, 6) is -0.235. The van der Waals surface area contributed by atoms with Crippen LogP contribution in [0.3, 0.4) is 0 Å². The van der Waals surface area contributed by atoms with Crippen LogP contribution in [-0.2, 0) is 11.3 Å². The van der Waals surface area contributed by atoms with Gasteiger partial charge < -0.3 is 10.1 Å². The Morgan fingerprint density at radius 2 is 2.09 bits per heavy atom. The minimum Gasteiger partial charge on any atom is -0.376 e. The van der Waals surface area contributed by atoms with Gasteiger partial charge in [-0.3, -0.25) is 0 Å². The normalized spacial score (nSPS) is 18.5. The molecule has 1 N–H and O–H groups in total. The zero-order valence-electron chi connectivity index (χ0n) is 12.8. The highest BCUT2D eigenvalue weighted by Crippen LogP contribution is 2.27. The van der Waals surface area contributed by atoms with Crippen LogP contribution in [0.2, 0.25) is 0 Å². The monoisotopic (exact) mass is 310 g/mol. The Kier molecular flexibility index (Phi) is 5.02. The summed E-state index contributed by atoms with van der Waals surface area (Å²) in [4.78, 5) is 0. The molecule has 23 heavy (non-hydrogen) atoms. The van der Waals surface area contributed by atoms with Gasteiger partial charge in [-0.05, 0) is 48.2 Å². The second-order valence-electron chi connectivity index (χ2n) is 5.77. The van der Waals surface area contributed by atoms with Crippen LogP contribution >= 0.6 is 0 Å². The SMILES string of the molecule is N#Cc1cccc(CN[C@H](c2ccc(F)cc2)[C@H]2CCCO2)c1. The standard InChI is InChI=1S/C19H19FN2O/c20-17-8-6-16(7-9-17)19(18-5-2-10-23-18)22-13-15-4-1-3-14(11-15)12-21/h1,3-4,6-9,11,18-19,22H,2,5,10,13H2/t18-,19-/m1/s1. The van der Waals surface area contributed by atoms with Crippen LogP contribution < -0.4 is 5.32 Å². The third-order valence-electron chi connectivity index (χ3n) is 4.15. The number of hydrogen-bond donors (Lipinski definition) is 1. The number of benzene rings is 2. The molecule has 3 nitrogen and oxygen atoms in total. The summed E-state index contributed by atoms with van der Waals surface area (Å²) in [5.41, 5.74) is 2.73. The predicted molar refractivity (Wildman–Crippen MR) is 86.1 cm³/mol. The first kappa shape index (κ1) is 15.7. The van der Waals surface area contributed by atoms with Gasteiger partial charge in [0.2, 0.25) is 0 Å². The molecule has 2 atom stereocenters. The van der Waals surface area contributed by atoms with Crippen LogP contribution in [0.1, 0.15) is 35.6 Å². The highest BCUT2D eigenvalue weighted by atomic mass is 19.1. The topological polar surface area (TPSA) is 45.0 Å². The molecule has 0 amide bonds. The maximum Gasteiger partial charge on any atom is 0.123 e. The fraction of sp³-hybridized carbons (Fsp3) is 0.316. The molecule has 1 aliphatic rings. The average Bonchev–Trinajstić information content (AvgIpc) is 3.11. The Balaban J connectivity index is 1.75. The van der Waals surface area contributed by atoms with Gasteiger partial charge in [0.1, 0.15) is 5.82 Å². The van der Waals surface area contributed by atoms with E-state index in [0.717, 1.165) is 30.6 Å². The highest BCUT2D eigenvalue weighted by Gasteiger charge is 2.27. The molecule has 1 fully saturated rings. The van der Waals surface area contributed by atoms with Gasteiger partial charge in [-0.25, -0.2) is 4.39 Å². The van der Waals surface area contributed by atoms with E-state index in [1.807, 2.05) is 18.2 Å². The lowest BCUT2D eigenvalue weighted by molar-refractivity contribution is 0.0776. The van der Waals surface area contributed by atoms with Crippen molar-refractivity contribution >= 4 is 0 Å². The van der Waals surface area contributed by atoms with Crippen molar-refractivity contribution < 1.29 is 9.13 Å². The van der Waals surface area contributed by atoms with Crippen molar-refractivity contribution in [3.05, 3.63) is 71.0 Å². The molecule has 0 radical (unpaired) electrons. The summed E-state index contributed by atoms with van der Waals surface area (Å²) in [6, 6.07) is 16.3. The van der Waals surface area contributed by atoms with Crippen molar-refractivity contribution in [2.24, 2.45) is 0 Å². The molecule has 1 aliphatic heterocycles. The lowest BCUT2D eigenvalue weighted by atomic mass is 9.98. The molecular formula is C19H19FN2O. The minimum atomic E-state index is -0.235. The third kappa shape index (κ3) is 3.95.